The highest BCUT2D eigenvalue weighted by atomic mass is 16.5. The summed E-state index contributed by atoms with van der Waals surface area (Å²) in [6, 6.07) is 8.86. The highest BCUT2D eigenvalue weighted by molar-refractivity contribution is 5.35. The van der Waals surface area contributed by atoms with Crippen molar-refractivity contribution in [3.05, 3.63) is 29.8 Å². The highest BCUT2D eigenvalue weighted by Gasteiger charge is 2.25. The van der Waals surface area contributed by atoms with Crippen LogP contribution in [0, 0.1) is 0 Å². The smallest absolute Gasteiger partial charge is 0.124 e. The summed E-state index contributed by atoms with van der Waals surface area (Å²) in [6.45, 7) is 5.21. The standard InChI is InChI=1S/C17H27NO2/c1-4-7-13(2)20-17(12-18-14-10-11-14)15-8-5-6-9-16(15)19-3/h5-6,8-9,13-14,17-18H,4,7,10-12H2,1-3H3. The minimum atomic E-state index is 0.0632. The highest BCUT2D eigenvalue weighted by Crippen LogP contribution is 2.29. The number of para-hydroxylation sites is 1. The van der Waals surface area contributed by atoms with E-state index in [2.05, 4.69) is 31.3 Å². The molecular weight excluding hydrogens is 250 g/mol. The lowest BCUT2D eigenvalue weighted by Crippen LogP contribution is -2.27. The van der Waals surface area contributed by atoms with Crippen molar-refractivity contribution in [3.63, 3.8) is 0 Å². The first-order valence-corrected chi connectivity index (χ1v) is 7.76. The Balaban J connectivity index is 2.06. The average molecular weight is 277 g/mol. The molecule has 0 saturated heterocycles. The zero-order valence-electron chi connectivity index (χ0n) is 12.9. The van der Waals surface area contributed by atoms with E-state index in [1.807, 2.05) is 12.1 Å². The van der Waals surface area contributed by atoms with Gasteiger partial charge < -0.3 is 14.8 Å². The normalized spacial score (nSPS) is 17.8. The van der Waals surface area contributed by atoms with Crippen molar-refractivity contribution in [2.24, 2.45) is 0 Å². The van der Waals surface area contributed by atoms with Crippen molar-refractivity contribution in [1.82, 2.24) is 5.32 Å². The molecule has 1 aromatic rings. The molecule has 0 amide bonds. The second-order valence-corrected chi connectivity index (χ2v) is 5.65. The third-order valence-electron chi connectivity index (χ3n) is 3.75. The molecule has 0 bridgehead atoms. The van der Waals surface area contributed by atoms with Crippen LogP contribution in [0.4, 0.5) is 0 Å². The molecule has 1 fully saturated rings. The van der Waals surface area contributed by atoms with E-state index in [0.717, 1.165) is 30.7 Å². The first-order chi connectivity index (χ1) is 9.74. The number of hydrogen-bond donors (Lipinski definition) is 1. The van der Waals surface area contributed by atoms with Gasteiger partial charge in [0.25, 0.3) is 0 Å². The molecule has 112 valence electrons. The van der Waals surface area contributed by atoms with Gasteiger partial charge in [0.2, 0.25) is 0 Å². The number of rotatable bonds is 9. The molecule has 2 atom stereocenters. The van der Waals surface area contributed by atoms with E-state index in [1.54, 1.807) is 7.11 Å². The maximum absolute atomic E-state index is 6.26. The van der Waals surface area contributed by atoms with Crippen LogP contribution >= 0.6 is 0 Å². The largest absolute Gasteiger partial charge is 0.496 e. The van der Waals surface area contributed by atoms with Crippen LogP contribution in [0.25, 0.3) is 0 Å². The Hall–Kier alpha value is -1.06. The molecule has 0 aliphatic heterocycles. The molecular formula is C17H27NO2. The van der Waals surface area contributed by atoms with Crippen molar-refractivity contribution in [2.75, 3.05) is 13.7 Å². The van der Waals surface area contributed by atoms with E-state index in [1.165, 1.54) is 12.8 Å². The molecule has 2 unspecified atom stereocenters. The van der Waals surface area contributed by atoms with Gasteiger partial charge in [-0.05, 0) is 32.3 Å². The van der Waals surface area contributed by atoms with Gasteiger partial charge in [-0.2, -0.15) is 0 Å². The molecule has 1 aliphatic rings. The second-order valence-electron chi connectivity index (χ2n) is 5.65. The maximum Gasteiger partial charge on any atom is 0.124 e. The van der Waals surface area contributed by atoms with Crippen LogP contribution in [-0.4, -0.2) is 25.8 Å². The first kappa shape index (κ1) is 15.3. The quantitative estimate of drug-likeness (QED) is 0.746. The number of hydrogen-bond acceptors (Lipinski definition) is 3. The Morgan fingerprint density at radius 2 is 2.05 bits per heavy atom. The molecule has 1 N–H and O–H groups in total. The predicted molar refractivity (Wildman–Crippen MR) is 82.2 cm³/mol. The summed E-state index contributed by atoms with van der Waals surface area (Å²) in [5, 5.41) is 3.57. The minimum Gasteiger partial charge on any atom is -0.496 e. The van der Waals surface area contributed by atoms with Crippen LogP contribution < -0.4 is 10.1 Å². The molecule has 0 aromatic heterocycles. The van der Waals surface area contributed by atoms with E-state index in [4.69, 9.17) is 9.47 Å². The van der Waals surface area contributed by atoms with Gasteiger partial charge in [0, 0.05) is 18.2 Å². The number of ether oxygens (including phenoxy) is 2. The fraction of sp³-hybridized carbons (Fsp3) is 0.647. The van der Waals surface area contributed by atoms with Crippen molar-refractivity contribution in [3.8, 4) is 5.75 Å². The Bertz CT molecular complexity index is 404. The van der Waals surface area contributed by atoms with Gasteiger partial charge >= 0.3 is 0 Å². The molecule has 1 aliphatic carbocycles. The third kappa shape index (κ3) is 4.50. The lowest BCUT2D eigenvalue weighted by molar-refractivity contribution is -0.00845. The molecule has 0 heterocycles. The molecule has 3 heteroatoms. The van der Waals surface area contributed by atoms with Crippen LogP contribution in [0.3, 0.4) is 0 Å². The molecule has 0 spiro atoms. The van der Waals surface area contributed by atoms with Crippen molar-refractivity contribution in [2.45, 2.75) is 57.8 Å². The van der Waals surface area contributed by atoms with Gasteiger partial charge in [-0.3, -0.25) is 0 Å². The Labute approximate surface area is 122 Å². The van der Waals surface area contributed by atoms with Crippen LogP contribution in [0.5, 0.6) is 5.75 Å². The van der Waals surface area contributed by atoms with Crippen molar-refractivity contribution in [1.29, 1.82) is 0 Å². The second kappa shape index (κ2) is 7.65. The van der Waals surface area contributed by atoms with Gasteiger partial charge in [0.15, 0.2) is 0 Å². The fourth-order valence-electron chi connectivity index (χ4n) is 2.48. The number of nitrogens with one attached hydrogen (secondary N) is 1. The molecule has 2 rings (SSSR count). The summed E-state index contributed by atoms with van der Waals surface area (Å²) >= 11 is 0. The summed E-state index contributed by atoms with van der Waals surface area (Å²) in [4.78, 5) is 0. The minimum absolute atomic E-state index is 0.0632. The summed E-state index contributed by atoms with van der Waals surface area (Å²) < 4.78 is 11.7. The monoisotopic (exact) mass is 277 g/mol. The van der Waals surface area contributed by atoms with E-state index in [-0.39, 0.29) is 12.2 Å². The van der Waals surface area contributed by atoms with E-state index >= 15 is 0 Å². The van der Waals surface area contributed by atoms with Gasteiger partial charge in [-0.15, -0.1) is 0 Å². The van der Waals surface area contributed by atoms with Crippen molar-refractivity contribution >= 4 is 0 Å². The summed E-state index contributed by atoms with van der Waals surface area (Å²) in [6.07, 6.45) is 5.17. The Morgan fingerprint density at radius 1 is 1.30 bits per heavy atom. The van der Waals surface area contributed by atoms with Gasteiger partial charge in [0.05, 0.1) is 19.3 Å². The number of methoxy groups -OCH3 is 1. The van der Waals surface area contributed by atoms with Gasteiger partial charge in [0.1, 0.15) is 5.75 Å². The molecule has 1 aromatic carbocycles. The predicted octanol–water partition coefficient (Wildman–Crippen LogP) is 3.69. The SMILES string of the molecule is CCCC(C)OC(CNC1CC1)c1ccccc1OC. The summed E-state index contributed by atoms with van der Waals surface area (Å²) in [7, 11) is 1.72. The third-order valence-corrected chi connectivity index (χ3v) is 3.75. The topological polar surface area (TPSA) is 30.5 Å². The molecule has 20 heavy (non-hydrogen) atoms. The van der Waals surface area contributed by atoms with E-state index < -0.39 is 0 Å². The Morgan fingerprint density at radius 3 is 2.70 bits per heavy atom. The fourth-order valence-corrected chi connectivity index (χ4v) is 2.48. The zero-order chi connectivity index (χ0) is 14.4. The lowest BCUT2D eigenvalue weighted by atomic mass is 10.1. The molecule has 3 nitrogen and oxygen atoms in total. The average Bonchev–Trinajstić information content (AvgIpc) is 3.28. The lowest BCUT2D eigenvalue weighted by Gasteiger charge is -2.24. The van der Waals surface area contributed by atoms with Crippen LogP contribution in [-0.2, 0) is 4.74 Å². The summed E-state index contributed by atoms with van der Waals surface area (Å²) in [5.41, 5.74) is 1.14. The van der Waals surface area contributed by atoms with Gasteiger partial charge in [-0.1, -0.05) is 31.5 Å². The maximum atomic E-state index is 6.26. The van der Waals surface area contributed by atoms with Crippen molar-refractivity contribution < 1.29 is 9.47 Å². The molecule has 1 saturated carbocycles. The van der Waals surface area contributed by atoms with Crippen LogP contribution in [0.2, 0.25) is 0 Å². The number of benzene rings is 1. The van der Waals surface area contributed by atoms with Gasteiger partial charge in [-0.25, -0.2) is 0 Å². The van der Waals surface area contributed by atoms with E-state index in [9.17, 15) is 0 Å². The van der Waals surface area contributed by atoms with Crippen LogP contribution in [0.1, 0.15) is 51.2 Å². The first-order valence-electron chi connectivity index (χ1n) is 7.76. The van der Waals surface area contributed by atoms with Crippen LogP contribution in [0.15, 0.2) is 24.3 Å². The van der Waals surface area contributed by atoms with E-state index in [0.29, 0.717) is 6.04 Å². The summed E-state index contributed by atoms with van der Waals surface area (Å²) in [5.74, 6) is 0.916. The Kier molecular flexibility index (Phi) is 5.86. The molecule has 0 radical (unpaired) electrons. The zero-order valence-corrected chi connectivity index (χ0v) is 12.9.